The highest BCUT2D eigenvalue weighted by Crippen LogP contribution is 2.22. The number of rotatable bonds is 5. The highest BCUT2D eigenvalue weighted by atomic mass is 16.6. The Balaban J connectivity index is 2.20. The first-order valence-electron chi connectivity index (χ1n) is 6.29. The molecule has 0 heterocycles. The van der Waals surface area contributed by atoms with Crippen LogP contribution in [0.15, 0.2) is 53.6 Å². The van der Waals surface area contributed by atoms with Gasteiger partial charge in [0.2, 0.25) is 0 Å². The number of hydrogen-bond donors (Lipinski definition) is 1. The summed E-state index contributed by atoms with van der Waals surface area (Å²) < 4.78 is 0. The van der Waals surface area contributed by atoms with Gasteiger partial charge in [0, 0.05) is 12.1 Å². The van der Waals surface area contributed by atoms with Gasteiger partial charge in [-0.3, -0.25) is 25.0 Å². The van der Waals surface area contributed by atoms with E-state index in [0.717, 1.165) is 23.8 Å². The van der Waals surface area contributed by atoms with Crippen molar-refractivity contribution in [1.29, 1.82) is 0 Å². The molecule has 9 nitrogen and oxygen atoms in total. The standard InChI is InChI=1S/C14H10N4O5/c19-14(16-15-9-10-4-2-1-3-5-10)11-6-12(17(20)21)8-13(7-11)18(22)23/h1-9H,(H,16,19)/b15-9-. The average Bonchev–Trinajstić information content (AvgIpc) is 2.55. The summed E-state index contributed by atoms with van der Waals surface area (Å²) in [5, 5.41) is 25.2. The molecule has 0 spiro atoms. The molecular formula is C14H10N4O5. The van der Waals surface area contributed by atoms with Crippen molar-refractivity contribution in [3.8, 4) is 0 Å². The molecule has 0 aliphatic rings. The maximum absolute atomic E-state index is 11.9. The number of carbonyl (C=O) groups excluding carboxylic acids is 1. The van der Waals surface area contributed by atoms with Gasteiger partial charge < -0.3 is 0 Å². The maximum Gasteiger partial charge on any atom is 0.277 e. The second-order valence-corrected chi connectivity index (χ2v) is 4.36. The van der Waals surface area contributed by atoms with E-state index in [0.29, 0.717) is 0 Å². The summed E-state index contributed by atoms with van der Waals surface area (Å²) in [6.07, 6.45) is 1.38. The van der Waals surface area contributed by atoms with Crippen molar-refractivity contribution in [2.24, 2.45) is 5.10 Å². The molecule has 1 amide bonds. The number of carbonyl (C=O) groups is 1. The van der Waals surface area contributed by atoms with Crippen LogP contribution >= 0.6 is 0 Å². The predicted octanol–water partition coefficient (Wildman–Crippen LogP) is 2.27. The minimum absolute atomic E-state index is 0.226. The summed E-state index contributed by atoms with van der Waals surface area (Å²) >= 11 is 0. The molecule has 23 heavy (non-hydrogen) atoms. The molecular weight excluding hydrogens is 304 g/mol. The summed E-state index contributed by atoms with van der Waals surface area (Å²) in [6, 6.07) is 11.6. The van der Waals surface area contributed by atoms with E-state index < -0.39 is 27.1 Å². The molecule has 0 radical (unpaired) electrons. The molecule has 2 aromatic carbocycles. The minimum Gasteiger partial charge on any atom is -0.267 e. The van der Waals surface area contributed by atoms with E-state index in [1.807, 2.05) is 6.07 Å². The van der Waals surface area contributed by atoms with Crippen molar-refractivity contribution in [2.75, 3.05) is 0 Å². The zero-order valence-electron chi connectivity index (χ0n) is 11.6. The topological polar surface area (TPSA) is 128 Å². The van der Waals surface area contributed by atoms with Crippen LogP contribution in [0.1, 0.15) is 15.9 Å². The summed E-state index contributed by atoms with van der Waals surface area (Å²) in [6.45, 7) is 0. The Labute approximate surface area is 129 Å². The first-order valence-corrected chi connectivity index (χ1v) is 6.29. The Morgan fingerprint density at radius 2 is 1.57 bits per heavy atom. The third-order valence-electron chi connectivity index (χ3n) is 2.77. The van der Waals surface area contributed by atoms with Crippen LogP contribution in [0.5, 0.6) is 0 Å². The van der Waals surface area contributed by atoms with Crippen molar-refractivity contribution < 1.29 is 14.6 Å². The van der Waals surface area contributed by atoms with Gasteiger partial charge in [-0.15, -0.1) is 0 Å². The van der Waals surface area contributed by atoms with Gasteiger partial charge in [0.1, 0.15) is 0 Å². The van der Waals surface area contributed by atoms with Crippen LogP contribution in [-0.2, 0) is 0 Å². The van der Waals surface area contributed by atoms with E-state index in [1.54, 1.807) is 24.3 Å². The Kier molecular flexibility index (Phi) is 4.72. The van der Waals surface area contributed by atoms with E-state index in [2.05, 4.69) is 10.5 Å². The number of non-ortho nitro benzene ring substituents is 2. The van der Waals surface area contributed by atoms with Crippen LogP contribution < -0.4 is 5.43 Å². The Morgan fingerprint density at radius 3 is 2.09 bits per heavy atom. The van der Waals surface area contributed by atoms with Gasteiger partial charge in [-0.2, -0.15) is 5.10 Å². The van der Waals surface area contributed by atoms with Crippen LogP contribution in [0.2, 0.25) is 0 Å². The summed E-state index contributed by atoms with van der Waals surface area (Å²) in [5.74, 6) is -0.788. The quantitative estimate of drug-likeness (QED) is 0.514. The molecule has 0 atom stereocenters. The number of benzene rings is 2. The largest absolute Gasteiger partial charge is 0.277 e. The number of amides is 1. The second kappa shape index (κ2) is 6.89. The van der Waals surface area contributed by atoms with Crippen LogP contribution in [0.4, 0.5) is 11.4 Å². The van der Waals surface area contributed by atoms with Crippen molar-refractivity contribution in [3.05, 3.63) is 79.9 Å². The lowest BCUT2D eigenvalue weighted by molar-refractivity contribution is -0.394. The molecule has 0 bridgehead atoms. The summed E-state index contributed by atoms with van der Waals surface area (Å²) in [5.41, 5.74) is 1.58. The number of hydrogen-bond acceptors (Lipinski definition) is 6. The molecule has 1 N–H and O–H groups in total. The minimum atomic E-state index is -0.809. The summed E-state index contributed by atoms with van der Waals surface area (Å²) in [7, 11) is 0. The van der Waals surface area contributed by atoms with Crippen molar-refractivity contribution in [2.45, 2.75) is 0 Å². The van der Waals surface area contributed by atoms with Crippen molar-refractivity contribution in [1.82, 2.24) is 5.43 Å². The molecule has 9 heteroatoms. The fraction of sp³-hybridized carbons (Fsp3) is 0. The Bertz CT molecular complexity index is 757. The highest BCUT2D eigenvalue weighted by Gasteiger charge is 2.19. The molecule has 0 saturated heterocycles. The average molecular weight is 314 g/mol. The first-order chi connectivity index (χ1) is 11.0. The third-order valence-corrected chi connectivity index (χ3v) is 2.77. The number of nitro benzene ring substituents is 2. The lowest BCUT2D eigenvalue weighted by Gasteiger charge is -2.01. The lowest BCUT2D eigenvalue weighted by Crippen LogP contribution is -2.18. The fourth-order valence-corrected chi connectivity index (χ4v) is 1.71. The van der Waals surface area contributed by atoms with E-state index in [4.69, 9.17) is 0 Å². The smallest absolute Gasteiger partial charge is 0.267 e. The number of nitro groups is 2. The first kappa shape index (κ1) is 15.8. The maximum atomic E-state index is 11.9. The van der Waals surface area contributed by atoms with Crippen LogP contribution in [-0.4, -0.2) is 22.0 Å². The van der Waals surface area contributed by atoms with Gasteiger partial charge in [0.15, 0.2) is 0 Å². The molecule has 0 unspecified atom stereocenters. The molecule has 0 aliphatic heterocycles. The van der Waals surface area contributed by atoms with Crippen molar-refractivity contribution >= 4 is 23.5 Å². The molecule has 0 saturated carbocycles. The van der Waals surface area contributed by atoms with Gasteiger partial charge in [-0.1, -0.05) is 30.3 Å². The predicted molar refractivity (Wildman–Crippen MR) is 81.3 cm³/mol. The fourth-order valence-electron chi connectivity index (χ4n) is 1.71. The normalized spacial score (nSPS) is 10.4. The van der Waals surface area contributed by atoms with Gasteiger partial charge >= 0.3 is 0 Å². The van der Waals surface area contributed by atoms with Crippen LogP contribution in [0.3, 0.4) is 0 Å². The molecule has 0 fully saturated rings. The summed E-state index contributed by atoms with van der Waals surface area (Å²) in [4.78, 5) is 31.8. The third kappa shape index (κ3) is 4.17. The van der Waals surface area contributed by atoms with Gasteiger partial charge in [-0.25, -0.2) is 5.43 Å². The Hall–Kier alpha value is -3.62. The van der Waals surface area contributed by atoms with Gasteiger partial charge in [0.25, 0.3) is 17.3 Å². The van der Waals surface area contributed by atoms with Gasteiger partial charge in [-0.05, 0) is 5.56 Å². The molecule has 2 rings (SSSR count). The lowest BCUT2D eigenvalue weighted by atomic mass is 10.1. The van der Waals surface area contributed by atoms with E-state index in [9.17, 15) is 25.0 Å². The SMILES string of the molecule is O=C(N/N=C\c1ccccc1)c1cc([N+](=O)[O-])cc([N+](=O)[O-])c1. The molecule has 2 aromatic rings. The zero-order chi connectivity index (χ0) is 16.8. The molecule has 116 valence electrons. The van der Waals surface area contributed by atoms with Gasteiger partial charge in [0.05, 0.1) is 27.7 Å². The van der Waals surface area contributed by atoms with Crippen molar-refractivity contribution in [3.63, 3.8) is 0 Å². The Morgan fingerprint density at radius 1 is 1.00 bits per heavy atom. The number of nitrogens with one attached hydrogen (secondary N) is 1. The van der Waals surface area contributed by atoms with Crippen LogP contribution in [0.25, 0.3) is 0 Å². The van der Waals surface area contributed by atoms with E-state index in [-0.39, 0.29) is 5.56 Å². The second-order valence-electron chi connectivity index (χ2n) is 4.36. The zero-order valence-corrected chi connectivity index (χ0v) is 11.6. The van der Waals surface area contributed by atoms with E-state index in [1.165, 1.54) is 6.21 Å². The monoisotopic (exact) mass is 314 g/mol. The molecule has 0 aromatic heterocycles. The highest BCUT2D eigenvalue weighted by molar-refractivity contribution is 5.96. The number of nitrogens with zero attached hydrogens (tertiary/aromatic N) is 3. The van der Waals surface area contributed by atoms with E-state index >= 15 is 0 Å². The van der Waals surface area contributed by atoms with Crippen LogP contribution in [0, 0.1) is 20.2 Å². The number of hydrazone groups is 1. The molecule has 0 aliphatic carbocycles.